The molecule has 1 aromatic rings. The van der Waals surface area contributed by atoms with Gasteiger partial charge in [0.25, 0.3) is 5.91 Å². The summed E-state index contributed by atoms with van der Waals surface area (Å²) in [6.45, 7) is 8.73. The van der Waals surface area contributed by atoms with E-state index in [1.807, 2.05) is 24.3 Å². The quantitative estimate of drug-likeness (QED) is 0.814. The van der Waals surface area contributed by atoms with Gasteiger partial charge in [-0.05, 0) is 23.1 Å². The van der Waals surface area contributed by atoms with E-state index in [-0.39, 0.29) is 17.2 Å². The Hall–Kier alpha value is -1.84. The lowest BCUT2D eigenvalue weighted by molar-refractivity contribution is -0.118. The van der Waals surface area contributed by atoms with E-state index in [4.69, 9.17) is 0 Å². The second kappa shape index (κ2) is 6.36. The van der Waals surface area contributed by atoms with E-state index >= 15 is 0 Å². The van der Waals surface area contributed by atoms with Crippen LogP contribution in [0.4, 0.5) is 0 Å². The Morgan fingerprint density at radius 1 is 1.00 bits per heavy atom. The molecule has 0 spiro atoms. The van der Waals surface area contributed by atoms with Crippen molar-refractivity contribution in [3.05, 3.63) is 35.4 Å². The highest BCUT2D eigenvalue weighted by molar-refractivity contribution is 5.94. The van der Waals surface area contributed by atoms with Crippen molar-refractivity contribution in [3.63, 3.8) is 0 Å². The predicted molar refractivity (Wildman–Crippen MR) is 76.2 cm³/mol. The summed E-state index contributed by atoms with van der Waals surface area (Å²) >= 11 is 0. The van der Waals surface area contributed by atoms with Crippen LogP contribution in [0.15, 0.2) is 24.3 Å². The number of amides is 2. The maximum absolute atomic E-state index is 11.8. The van der Waals surface area contributed by atoms with Crippen molar-refractivity contribution in [2.45, 2.75) is 33.1 Å². The molecule has 0 unspecified atom stereocenters. The molecule has 2 amide bonds. The molecular formula is C15H22N2O2. The fourth-order valence-electron chi connectivity index (χ4n) is 1.64. The van der Waals surface area contributed by atoms with Crippen molar-refractivity contribution in [1.82, 2.24) is 10.6 Å². The summed E-state index contributed by atoms with van der Waals surface area (Å²) in [7, 11) is 0. The lowest BCUT2D eigenvalue weighted by atomic mass is 9.87. The van der Waals surface area contributed by atoms with Gasteiger partial charge in [-0.3, -0.25) is 9.59 Å². The molecule has 1 aromatic carbocycles. The molecule has 0 aromatic heterocycles. The molecule has 1 rings (SSSR count). The molecule has 0 saturated heterocycles. The Bertz CT molecular complexity index is 444. The summed E-state index contributed by atoms with van der Waals surface area (Å²) in [5.74, 6) is -0.213. The van der Waals surface area contributed by atoms with Gasteiger partial charge in [0.2, 0.25) is 5.91 Å². The molecule has 0 aliphatic rings. The van der Waals surface area contributed by atoms with Gasteiger partial charge in [0.05, 0.1) is 0 Å². The zero-order valence-corrected chi connectivity index (χ0v) is 12.0. The highest BCUT2D eigenvalue weighted by Crippen LogP contribution is 2.22. The third kappa shape index (κ3) is 5.12. The summed E-state index contributed by atoms with van der Waals surface area (Å²) in [6, 6.07) is 7.61. The van der Waals surface area contributed by atoms with E-state index in [1.54, 1.807) is 0 Å². The SMILES string of the molecule is CC(=O)NCCNC(=O)c1ccc(C(C)(C)C)cc1. The van der Waals surface area contributed by atoms with Crippen LogP contribution in [-0.4, -0.2) is 24.9 Å². The summed E-state index contributed by atoms with van der Waals surface area (Å²) in [5.41, 5.74) is 1.92. The third-order valence-electron chi connectivity index (χ3n) is 2.80. The van der Waals surface area contributed by atoms with Gasteiger partial charge in [-0.1, -0.05) is 32.9 Å². The van der Waals surface area contributed by atoms with Gasteiger partial charge in [0, 0.05) is 25.6 Å². The van der Waals surface area contributed by atoms with Gasteiger partial charge < -0.3 is 10.6 Å². The largest absolute Gasteiger partial charge is 0.355 e. The molecule has 2 N–H and O–H groups in total. The molecule has 0 saturated carbocycles. The van der Waals surface area contributed by atoms with Crippen molar-refractivity contribution in [3.8, 4) is 0 Å². The van der Waals surface area contributed by atoms with Crippen LogP contribution >= 0.6 is 0 Å². The summed E-state index contributed by atoms with van der Waals surface area (Å²) < 4.78 is 0. The number of carbonyl (C=O) groups excluding carboxylic acids is 2. The molecule has 0 atom stereocenters. The Labute approximate surface area is 114 Å². The Morgan fingerprint density at radius 3 is 2.00 bits per heavy atom. The fraction of sp³-hybridized carbons (Fsp3) is 0.467. The maximum atomic E-state index is 11.8. The van der Waals surface area contributed by atoms with E-state index in [1.165, 1.54) is 12.5 Å². The van der Waals surface area contributed by atoms with Gasteiger partial charge in [-0.25, -0.2) is 0 Å². The van der Waals surface area contributed by atoms with Crippen molar-refractivity contribution in [2.24, 2.45) is 0 Å². The average Bonchev–Trinajstić information content (AvgIpc) is 2.33. The topological polar surface area (TPSA) is 58.2 Å². The van der Waals surface area contributed by atoms with Crippen LogP contribution in [0.3, 0.4) is 0 Å². The first kappa shape index (κ1) is 15.2. The van der Waals surface area contributed by atoms with Gasteiger partial charge in [0.1, 0.15) is 0 Å². The van der Waals surface area contributed by atoms with Gasteiger partial charge in [0.15, 0.2) is 0 Å². The molecule has 0 fully saturated rings. The number of carbonyl (C=O) groups is 2. The van der Waals surface area contributed by atoms with E-state index < -0.39 is 0 Å². The summed E-state index contributed by atoms with van der Waals surface area (Å²) in [5, 5.41) is 5.39. The average molecular weight is 262 g/mol. The number of benzene rings is 1. The van der Waals surface area contributed by atoms with Gasteiger partial charge >= 0.3 is 0 Å². The highest BCUT2D eigenvalue weighted by Gasteiger charge is 2.14. The van der Waals surface area contributed by atoms with Crippen LogP contribution in [0.2, 0.25) is 0 Å². The van der Waals surface area contributed by atoms with E-state index in [9.17, 15) is 9.59 Å². The van der Waals surface area contributed by atoms with Gasteiger partial charge in [-0.2, -0.15) is 0 Å². The molecular weight excluding hydrogens is 240 g/mol. The lowest BCUT2D eigenvalue weighted by Gasteiger charge is -2.19. The second-order valence-corrected chi connectivity index (χ2v) is 5.57. The Morgan fingerprint density at radius 2 is 1.53 bits per heavy atom. The van der Waals surface area contributed by atoms with Crippen molar-refractivity contribution in [2.75, 3.05) is 13.1 Å². The monoisotopic (exact) mass is 262 g/mol. The number of nitrogens with one attached hydrogen (secondary N) is 2. The molecule has 4 nitrogen and oxygen atoms in total. The number of rotatable bonds is 4. The van der Waals surface area contributed by atoms with Gasteiger partial charge in [-0.15, -0.1) is 0 Å². The minimum Gasteiger partial charge on any atom is -0.355 e. The normalized spacial score (nSPS) is 10.9. The number of hydrogen-bond donors (Lipinski definition) is 2. The maximum Gasteiger partial charge on any atom is 0.251 e. The molecule has 0 aliphatic heterocycles. The van der Waals surface area contributed by atoms with Crippen molar-refractivity contribution >= 4 is 11.8 Å². The Balaban J connectivity index is 2.52. The minimum atomic E-state index is -0.120. The lowest BCUT2D eigenvalue weighted by Crippen LogP contribution is -2.33. The second-order valence-electron chi connectivity index (χ2n) is 5.57. The van der Waals surface area contributed by atoms with Crippen molar-refractivity contribution in [1.29, 1.82) is 0 Å². The summed E-state index contributed by atoms with van der Waals surface area (Å²) in [4.78, 5) is 22.5. The molecule has 104 valence electrons. The van der Waals surface area contributed by atoms with E-state index in [0.717, 1.165) is 0 Å². The molecule has 19 heavy (non-hydrogen) atoms. The zero-order chi connectivity index (χ0) is 14.5. The first-order chi connectivity index (χ1) is 8.80. The van der Waals surface area contributed by atoms with Crippen LogP contribution in [0.5, 0.6) is 0 Å². The highest BCUT2D eigenvalue weighted by atomic mass is 16.2. The van der Waals surface area contributed by atoms with Crippen LogP contribution in [0.1, 0.15) is 43.6 Å². The smallest absolute Gasteiger partial charge is 0.251 e. The fourth-order valence-corrected chi connectivity index (χ4v) is 1.64. The van der Waals surface area contributed by atoms with Crippen LogP contribution in [-0.2, 0) is 10.2 Å². The van der Waals surface area contributed by atoms with Crippen molar-refractivity contribution < 1.29 is 9.59 Å². The Kier molecular flexibility index (Phi) is 5.10. The zero-order valence-electron chi connectivity index (χ0n) is 12.0. The van der Waals surface area contributed by atoms with E-state index in [0.29, 0.717) is 18.7 Å². The minimum absolute atomic E-state index is 0.0837. The molecule has 0 heterocycles. The van der Waals surface area contributed by atoms with Crippen LogP contribution in [0.25, 0.3) is 0 Å². The third-order valence-corrected chi connectivity index (χ3v) is 2.80. The predicted octanol–water partition coefficient (Wildman–Crippen LogP) is 1.85. The molecule has 4 heteroatoms. The van der Waals surface area contributed by atoms with Crippen LogP contribution < -0.4 is 10.6 Å². The standard InChI is InChI=1S/C15H22N2O2/c1-11(18)16-9-10-17-14(19)12-5-7-13(8-6-12)15(2,3)4/h5-8H,9-10H2,1-4H3,(H,16,18)(H,17,19). The molecule has 0 radical (unpaired) electrons. The first-order valence-corrected chi connectivity index (χ1v) is 6.44. The first-order valence-electron chi connectivity index (χ1n) is 6.44. The molecule has 0 bridgehead atoms. The number of hydrogen-bond acceptors (Lipinski definition) is 2. The van der Waals surface area contributed by atoms with Crippen LogP contribution in [0, 0.1) is 0 Å². The van der Waals surface area contributed by atoms with E-state index in [2.05, 4.69) is 31.4 Å². The molecule has 0 aliphatic carbocycles. The summed E-state index contributed by atoms with van der Waals surface area (Å²) in [6.07, 6.45) is 0.